The largest absolute Gasteiger partial charge is 0.495 e. The van der Waals surface area contributed by atoms with Crippen LogP contribution >= 0.6 is 11.6 Å². The summed E-state index contributed by atoms with van der Waals surface area (Å²) in [6, 6.07) is 10.6. The maximum Gasteiger partial charge on any atom is 0.329 e. The van der Waals surface area contributed by atoms with E-state index in [2.05, 4.69) is 32.2 Å². The molecule has 0 fully saturated rings. The van der Waals surface area contributed by atoms with Crippen molar-refractivity contribution in [3.8, 4) is 17.6 Å². The molecule has 33 heavy (non-hydrogen) atoms. The molecule has 0 aliphatic heterocycles. The topological polar surface area (TPSA) is 97.9 Å². The van der Waals surface area contributed by atoms with Crippen molar-refractivity contribution in [1.82, 2.24) is 10.2 Å². The van der Waals surface area contributed by atoms with Crippen molar-refractivity contribution in [2.75, 3.05) is 19.0 Å². The Morgan fingerprint density at radius 2 is 2.03 bits per heavy atom. The third-order valence-corrected chi connectivity index (χ3v) is 4.90. The van der Waals surface area contributed by atoms with Gasteiger partial charge < -0.3 is 19.9 Å². The fourth-order valence-corrected chi connectivity index (χ4v) is 3.21. The lowest BCUT2D eigenvalue weighted by Crippen LogP contribution is -2.25. The minimum Gasteiger partial charge on any atom is -0.495 e. The average Bonchev–Trinajstić information content (AvgIpc) is 2.80. The van der Waals surface area contributed by atoms with E-state index in [0.29, 0.717) is 45.3 Å². The van der Waals surface area contributed by atoms with E-state index in [1.807, 2.05) is 6.07 Å². The monoisotopic (exact) mass is 464 g/mol. The predicted octanol–water partition coefficient (Wildman–Crippen LogP) is 4.69. The molecule has 0 amide bonds. The Hall–Kier alpha value is -3.85. The van der Waals surface area contributed by atoms with Crippen LogP contribution in [0, 0.1) is 18.4 Å². The standard InChI is InChI=1S/C24H21ClN4O4/c1-24(2,33-14-22(30)31)10-9-20-17-7-6-16(26-3)12-18(17)23(29-28-20)27-13-15-5-8-21(32-4)19(25)11-15/h5-8,11-12H,13-14H2,1-2,4H3,(H,27,29)(H,30,31). The van der Waals surface area contributed by atoms with Gasteiger partial charge in [-0.2, -0.15) is 0 Å². The van der Waals surface area contributed by atoms with Crippen LogP contribution in [0.15, 0.2) is 36.4 Å². The summed E-state index contributed by atoms with van der Waals surface area (Å²) in [5.41, 5.74) is 0.771. The summed E-state index contributed by atoms with van der Waals surface area (Å²) in [7, 11) is 1.56. The molecule has 168 valence electrons. The Labute approximate surface area is 196 Å². The van der Waals surface area contributed by atoms with Gasteiger partial charge in [-0.3, -0.25) is 0 Å². The smallest absolute Gasteiger partial charge is 0.329 e. The van der Waals surface area contributed by atoms with E-state index in [4.69, 9.17) is 32.8 Å². The number of hydrogen-bond acceptors (Lipinski definition) is 6. The molecular formula is C24H21ClN4O4. The fourth-order valence-electron chi connectivity index (χ4n) is 2.93. The molecule has 0 spiro atoms. The molecule has 1 heterocycles. The highest BCUT2D eigenvalue weighted by atomic mass is 35.5. The number of fused-ring (bicyclic) bond motifs is 1. The van der Waals surface area contributed by atoms with Crippen molar-refractivity contribution in [3.63, 3.8) is 0 Å². The Balaban J connectivity index is 1.93. The Morgan fingerprint density at radius 3 is 2.70 bits per heavy atom. The Kier molecular flexibility index (Phi) is 7.34. The average molecular weight is 465 g/mol. The number of ether oxygens (including phenoxy) is 2. The van der Waals surface area contributed by atoms with Gasteiger partial charge in [0.05, 0.1) is 18.7 Å². The number of nitrogens with zero attached hydrogens (tertiary/aromatic N) is 3. The molecule has 3 rings (SSSR count). The lowest BCUT2D eigenvalue weighted by molar-refractivity contribution is -0.145. The molecule has 0 unspecified atom stereocenters. The van der Waals surface area contributed by atoms with E-state index in [1.165, 1.54) is 0 Å². The number of aliphatic carboxylic acids is 1. The number of aromatic nitrogens is 2. The molecule has 0 aliphatic carbocycles. The first-order chi connectivity index (χ1) is 15.7. The van der Waals surface area contributed by atoms with Crippen LogP contribution in [0.25, 0.3) is 15.6 Å². The minimum atomic E-state index is -1.07. The maximum atomic E-state index is 10.8. The van der Waals surface area contributed by atoms with E-state index in [0.717, 1.165) is 5.56 Å². The number of hydrogen-bond donors (Lipinski definition) is 2. The molecule has 1 aromatic heterocycles. The van der Waals surface area contributed by atoms with Crippen molar-refractivity contribution in [2.45, 2.75) is 26.0 Å². The van der Waals surface area contributed by atoms with Gasteiger partial charge in [-0.15, -0.1) is 10.2 Å². The van der Waals surface area contributed by atoms with Crippen LogP contribution in [0.1, 0.15) is 25.1 Å². The SMILES string of the molecule is [C-]#[N+]c1ccc2c(C#CC(C)(C)OCC(=O)O)nnc(NCc3ccc(OC)c(Cl)c3)c2c1. The first-order valence-electron chi connectivity index (χ1n) is 9.85. The molecule has 0 bridgehead atoms. The third-order valence-electron chi connectivity index (χ3n) is 4.61. The second-order valence-electron chi connectivity index (χ2n) is 7.50. The molecule has 8 nitrogen and oxygen atoms in total. The van der Waals surface area contributed by atoms with Gasteiger partial charge in [0.25, 0.3) is 0 Å². The van der Waals surface area contributed by atoms with Crippen molar-refractivity contribution in [1.29, 1.82) is 0 Å². The number of anilines is 1. The molecule has 0 aliphatic rings. The zero-order valence-corrected chi connectivity index (χ0v) is 19.0. The number of carbonyl (C=O) groups is 1. The van der Waals surface area contributed by atoms with Crippen LogP contribution in [0.5, 0.6) is 5.75 Å². The normalized spacial score (nSPS) is 10.8. The number of benzene rings is 2. The molecule has 0 saturated heterocycles. The molecule has 3 aromatic rings. The minimum absolute atomic E-state index is 0.395. The first kappa shape index (κ1) is 23.8. The second-order valence-corrected chi connectivity index (χ2v) is 7.91. The van der Waals surface area contributed by atoms with Crippen LogP contribution in [-0.2, 0) is 16.1 Å². The van der Waals surface area contributed by atoms with Crippen LogP contribution in [0.3, 0.4) is 0 Å². The van der Waals surface area contributed by atoms with Crippen LogP contribution in [-0.4, -0.2) is 40.6 Å². The summed E-state index contributed by atoms with van der Waals surface area (Å²) < 4.78 is 10.5. The van der Waals surface area contributed by atoms with Gasteiger partial charge in [-0.25, -0.2) is 9.64 Å². The maximum absolute atomic E-state index is 10.8. The Bertz CT molecular complexity index is 1310. The number of carboxylic acids is 1. The van der Waals surface area contributed by atoms with Gasteiger partial charge in [-0.1, -0.05) is 35.7 Å². The summed E-state index contributed by atoms with van der Waals surface area (Å²) in [5.74, 6) is 5.84. The molecule has 0 atom stereocenters. The summed E-state index contributed by atoms with van der Waals surface area (Å²) in [6.45, 7) is 10.6. The van der Waals surface area contributed by atoms with Crippen molar-refractivity contribution in [3.05, 3.63) is 64.1 Å². The van der Waals surface area contributed by atoms with Gasteiger partial charge in [0, 0.05) is 17.3 Å². The van der Waals surface area contributed by atoms with Crippen LogP contribution < -0.4 is 10.1 Å². The number of methoxy groups -OCH3 is 1. The zero-order chi connectivity index (χ0) is 24.0. The molecule has 2 N–H and O–H groups in total. The lowest BCUT2D eigenvalue weighted by atomic mass is 10.1. The van der Waals surface area contributed by atoms with Crippen molar-refractivity contribution < 1.29 is 19.4 Å². The second kappa shape index (κ2) is 10.2. The van der Waals surface area contributed by atoms with Crippen LogP contribution in [0.2, 0.25) is 5.02 Å². The number of rotatable bonds is 7. The fraction of sp³-hybridized carbons (Fsp3) is 0.250. The summed E-state index contributed by atoms with van der Waals surface area (Å²) in [6.07, 6.45) is 0. The highest BCUT2D eigenvalue weighted by Gasteiger charge is 2.17. The summed E-state index contributed by atoms with van der Waals surface area (Å²) >= 11 is 6.21. The van der Waals surface area contributed by atoms with Gasteiger partial charge >= 0.3 is 5.97 Å². The number of carboxylic acid groups (broad SMARTS) is 1. The summed E-state index contributed by atoms with van der Waals surface area (Å²) in [5, 5.41) is 22.5. The van der Waals surface area contributed by atoms with E-state index in [-0.39, 0.29) is 0 Å². The van der Waals surface area contributed by atoms with E-state index >= 15 is 0 Å². The molecule has 9 heteroatoms. The van der Waals surface area contributed by atoms with Gasteiger partial charge in [0.1, 0.15) is 23.7 Å². The molecule has 0 saturated carbocycles. The molecular weight excluding hydrogens is 444 g/mol. The quantitative estimate of drug-likeness (QED) is 0.386. The van der Waals surface area contributed by atoms with Crippen LogP contribution in [0.4, 0.5) is 11.5 Å². The van der Waals surface area contributed by atoms with Gasteiger partial charge in [0.15, 0.2) is 11.5 Å². The van der Waals surface area contributed by atoms with Crippen molar-refractivity contribution in [2.24, 2.45) is 0 Å². The van der Waals surface area contributed by atoms with Crippen molar-refractivity contribution >= 4 is 39.8 Å². The predicted molar refractivity (Wildman–Crippen MR) is 126 cm³/mol. The van der Waals surface area contributed by atoms with Gasteiger partial charge in [0.2, 0.25) is 0 Å². The summed E-state index contributed by atoms with van der Waals surface area (Å²) in [4.78, 5) is 14.3. The Morgan fingerprint density at radius 1 is 1.24 bits per heavy atom. The first-order valence-corrected chi connectivity index (χ1v) is 10.2. The number of halogens is 1. The third kappa shape index (κ3) is 6.11. The van der Waals surface area contributed by atoms with E-state index in [1.54, 1.807) is 51.3 Å². The van der Waals surface area contributed by atoms with E-state index in [9.17, 15) is 4.79 Å². The zero-order valence-electron chi connectivity index (χ0n) is 18.3. The lowest BCUT2D eigenvalue weighted by Gasteiger charge is -2.17. The highest BCUT2D eigenvalue weighted by molar-refractivity contribution is 6.32. The molecule has 0 radical (unpaired) electrons. The molecule has 2 aromatic carbocycles. The number of nitrogens with one attached hydrogen (secondary N) is 1. The highest BCUT2D eigenvalue weighted by Crippen LogP contribution is 2.29. The van der Waals surface area contributed by atoms with Gasteiger partial charge in [-0.05, 0) is 43.5 Å². The van der Waals surface area contributed by atoms with E-state index < -0.39 is 18.2 Å².